The zero-order valence-electron chi connectivity index (χ0n) is 18.9. The van der Waals surface area contributed by atoms with Gasteiger partial charge >= 0.3 is 6.03 Å². The molecule has 0 spiro atoms. The molecule has 7 nitrogen and oxygen atoms in total. The average Bonchev–Trinajstić information content (AvgIpc) is 2.79. The zero-order valence-corrected chi connectivity index (χ0v) is 19.7. The molecule has 0 saturated carbocycles. The number of hydrogen-bond acceptors (Lipinski definition) is 6. The van der Waals surface area contributed by atoms with Crippen molar-refractivity contribution >= 4 is 44.3 Å². The van der Waals surface area contributed by atoms with Crippen molar-refractivity contribution in [2.24, 2.45) is 0 Å². The summed E-state index contributed by atoms with van der Waals surface area (Å²) >= 11 is 1.35. The van der Waals surface area contributed by atoms with E-state index in [1.54, 1.807) is 13.1 Å². The molecule has 2 aliphatic rings. The first kappa shape index (κ1) is 22.8. The van der Waals surface area contributed by atoms with Crippen LogP contribution in [-0.4, -0.2) is 83.1 Å². The first-order valence-electron chi connectivity index (χ1n) is 11.2. The van der Waals surface area contributed by atoms with Gasteiger partial charge in [0.25, 0.3) is 0 Å². The number of carbonyl (C=O) groups excluding carboxylic acids is 1. The number of rotatable bonds is 4. The van der Waals surface area contributed by atoms with E-state index in [4.69, 9.17) is 5.41 Å². The largest absolute Gasteiger partial charge is 0.324 e. The van der Waals surface area contributed by atoms with Crippen molar-refractivity contribution in [3.63, 3.8) is 0 Å². The van der Waals surface area contributed by atoms with Gasteiger partial charge < -0.3 is 9.80 Å². The molecule has 170 valence electrons. The van der Waals surface area contributed by atoms with E-state index in [1.807, 2.05) is 29.2 Å². The van der Waals surface area contributed by atoms with Crippen molar-refractivity contribution in [3.05, 3.63) is 42.6 Å². The summed E-state index contributed by atoms with van der Waals surface area (Å²) < 4.78 is 0. The highest BCUT2D eigenvalue weighted by molar-refractivity contribution is 8.21. The number of carbonyl (C=O) groups is 1. The molecule has 0 aliphatic carbocycles. The van der Waals surface area contributed by atoms with E-state index in [0.717, 1.165) is 73.4 Å². The summed E-state index contributed by atoms with van der Waals surface area (Å²) in [7, 11) is 2.18. The van der Waals surface area contributed by atoms with Crippen molar-refractivity contribution in [2.75, 3.05) is 51.6 Å². The van der Waals surface area contributed by atoms with E-state index < -0.39 is 0 Å². The lowest BCUT2D eigenvalue weighted by atomic mass is 10.0. The molecule has 0 unspecified atom stereocenters. The molecule has 32 heavy (non-hydrogen) atoms. The van der Waals surface area contributed by atoms with E-state index in [0.29, 0.717) is 16.9 Å². The van der Waals surface area contributed by atoms with E-state index in [1.165, 1.54) is 11.8 Å². The maximum absolute atomic E-state index is 12.8. The number of likely N-dealkylation sites (tertiary alicyclic amines) is 1. The molecule has 2 N–H and O–H groups in total. The maximum atomic E-state index is 12.8. The number of fused-ring (bicyclic) bond motifs is 1. The number of thioether (sulfide) groups is 1. The van der Waals surface area contributed by atoms with Crippen molar-refractivity contribution in [3.8, 4) is 0 Å². The van der Waals surface area contributed by atoms with Crippen molar-refractivity contribution < 1.29 is 4.79 Å². The first-order chi connectivity index (χ1) is 15.4. The lowest BCUT2D eigenvalue weighted by molar-refractivity contribution is 0.0765. The van der Waals surface area contributed by atoms with Crippen LogP contribution in [-0.2, 0) is 0 Å². The fourth-order valence-electron chi connectivity index (χ4n) is 4.44. The monoisotopic (exact) mass is 452 g/mol. The van der Waals surface area contributed by atoms with E-state index in [9.17, 15) is 4.79 Å². The molecule has 2 amide bonds. The van der Waals surface area contributed by atoms with Crippen molar-refractivity contribution in [1.29, 1.82) is 5.41 Å². The summed E-state index contributed by atoms with van der Waals surface area (Å²) in [5, 5.41) is 13.1. The third-order valence-corrected chi connectivity index (χ3v) is 7.15. The molecule has 2 aromatic rings. The number of amides is 2. The molecular weight excluding hydrogens is 420 g/mol. The fraction of sp³-hybridized carbons (Fsp3) is 0.458. The smallest absolute Gasteiger partial charge is 0.323 e. The third kappa shape index (κ3) is 5.49. The van der Waals surface area contributed by atoms with Gasteiger partial charge in [0.05, 0.1) is 5.04 Å². The van der Waals surface area contributed by atoms with Gasteiger partial charge in [0.2, 0.25) is 0 Å². The first-order valence-corrected chi connectivity index (χ1v) is 12.0. The van der Waals surface area contributed by atoms with Crippen LogP contribution in [0, 0.1) is 5.41 Å². The van der Waals surface area contributed by atoms with Gasteiger partial charge in [-0.15, -0.1) is 0 Å². The van der Waals surface area contributed by atoms with Gasteiger partial charge in [0.15, 0.2) is 0 Å². The maximum Gasteiger partial charge on any atom is 0.323 e. The Labute approximate surface area is 194 Å². The van der Waals surface area contributed by atoms with Crippen molar-refractivity contribution in [2.45, 2.75) is 25.8 Å². The molecule has 1 aromatic carbocycles. The number of aromatic nitrogens is 1. The van der Waals surface area contributed by atoms with Gasteiger partial charge in [0, 0.05) is 61.8 Å². The molecule has 0 bridgehead atoms. The highest BCUT2D eigenvalue weighted by Gasteiger charge is 2.28. The number of piperazine rings is 1. The average molecular weight is 453 g/mol. The van der Waals surface area contributed by atoms with Crippen LogP contribution in [0.3, 0.4) is 0 Å². The van der Waals surface area contributed by atoms with Crippen LogP contribution in [0.4, 0.5) is 10.6 Å². The predicted octanol–water partition coefficient (Wildman–Crippen LogP) is 4.18. The summed E-state index contributed by atoms with van der Waals surface area (Å²) in [6, 6.07) is 8.43. The SMILES string of the molecule is C=C(SC(C)=N)c1ccc2cnc(NC(=O)N3CCC(N4CCN(C)CC4)CC3)cc2c1. The second kappa shape index (κ2) is 10.0. The fourth-order valence-corrected chi connectivity index (χ4v) is 5.05. The van der Waals surface area contributed by atoms with E-state index in [-0.39, 0.29) is 6.03 Å². The number of nitrogens with zero attached hydrogens (tertiary/aromatic N) is 4. The number of piperidine rings is 1. The van der Waals surface area contributed by atoms with Crippen molar-refractivity contribution in [1.82, 2.24) is 19.7 Å². The quantitative estimate of drug-likeness (QED) is 0.538. The third-order valence-electron chi connectivity index (χ3n) is 6.36. The summed E-state index contributed by atoms with van der Waals surface area (Å²) in [6.07, 6.45) is 3.84. The van der Waals surface area contributed by atoms with Gasteiger partial charge in [-0.3, -0.25) is 15.6 Å². The van der Waals surface area contributed by atoms with Gasteiger partial charge in [-0.05, 0) is 49.9 Å². The molecule has 2 fully saturated rings. The Morgan fingerprint density at radius 3 is 2.53 bits per heavy atom. The number of benzene rings is 1. The number of pyridine rings is 1. The number of hydrogen-bond donors (Lipinski definition) is 2. The van der Waals surface area contributed by atoms with Gasteiger partial charge in [-0.1, -0.05) is 30.5 Å². The van der Waals surface area contributed by atoms with Crippen LogP contribution >= 0.6 is 11.8 Å². The molecular formula is C24H32N6OS. The van der Waals surface area contributed by atoms with Crippen LogP contribution in [0.5, 0.6) is 0 Å². The van der Waals surface area contributed by atoms with Crippen LogP contribution in [0.15, 0.2) is 37.0 Å². The Bertz CT molecular complexity index is 1010. The Hall–Kier alpha value is -2.42. The minimum Gasteiger partial charge on any atom is -0.324 e. The van der Waals surface area contributed by atoms with Gasteiger partial charge in [-0.25, -0.2) is 9.78 Å². The predicted molar refractivity (Wildman–Crippen MR) is 134 cm³/mol. The van der Waals surface area contributed by atoms with Crippen LogP contribution in [0.25, 0.3) is 15.7 Å². The molecule has 2 saturated heterocycles. The minimum atomic E-state index is -0.0794. The number of anilines is 1. The number of urea groups is 1. The van der Waals surface area contributed by atoms with E-state index in [2.05, 4.69) is 33.7 Å². The standard InChI is InChI=1S/C24H32N6OS/c1-17(32-18(2)25)19-4-5-20-16-26-23(15-21(20)14-19)27-24(31)30-8-6-22(7-9-30)29-12-10-28(3)11-13-29/h4-5,14-16,22,25H,1,6-13H2,2-3H3,(H,26,27,31). The van der Waals surface area contributed by atoms with Gasteiger partial charge in [0.1, 0.15) is 5.82 Å². The van der Waals surface area contributed by atoms with Gasteiger partial charge in [-0.2, -0.15) is 0 Å². The topological polar surface area (TPSA) is 75.6 Å². The van der Waals surface area contributed by atoms with Crippen LogP contribution in [0.2, 0.25) is 0 Å². The molecule has 2 aliphatic heterocycles. The Balaban J connectivity index is 1.36. The second-order valence-corrected chi connectivity index (χ2v) is 10.0. The summed E-state index contributed by atoms with van der Waals surface area (Å²) in [5.74, 6) is 0.558. The zero-order chi connectivity index (χ0) is 22.7. The lowest BCUT2D eigenvalue weighted by Gasteiger charge is -2.42. The van der Waals surface area contributed by atoms with Crippen LogP contribution < -0.4 is 5.32 Å². The second-order valence-electron chi connectivity index (χ2n) is 8.70. The van der Waals surface area contributed by atoms with E-state index >= 15 is 0 Å². The molecule has 0 atom stereocenters. The number of nitrogens with one attached hydrogen (secondary N) is 2. The Morgan fingerprint density at radius 1 is 1.12 bits per heavy atom. The normalized spacial score (nSPS) is 18.6. The molecule has 3 heterocycles. The summed E-state index contributed by atoms with van der Waals surface area (Å²) in [6.45, 7) is 11.9. The summed E-state index contributed by atoms with van der Waals surface area (Å²) in [5.41, 5.74) is 0.976. The summed E-state index contributed by atoms with van der Waals surface area (Å²) in [4.78, 5) is 25.0. The Morgan fingerprint density at radius 2 is 1.84 bits per heavy atom. The van der Waals surface area contributed by atoms with Crippen LogP contribution in [0.1, 0.15) is 25.3 Å². The molecule has 4 rings (SSSR count). The highest BCUT2D eigenvalue weighted by atomic mass is 32.2. The Kier molecular flexibility index (Phi) is 7.13. The molecule has 1 aromatic heterocycles. The number of likely N-dealkylation sites (N-methyl/N-ethyl adjacent to an activating group) is 1. The molecule has 0 radical (unpaired) electrons. The highest BCUT2D eigenvalue weighted by Crippen LogP contribution is 2.29. The minimum absolute atomic E-state index is 0.0794. The lowest BCUT2D eigenvalue weighted by Crippen LogP contribution is -2.53. The molecule has 8 heteroatoms.